The van der Waals surface area contributed by atoms with Crippen molar-refractivity contribution in [2.24, 2.45) is 11.1 Å². The lowest BCUT2D eigenvalue weighted by Gasteiger charge is -2.51. The van der Waals surface area contributed by atoms with Crippen molar-refractivity contribution in [1.82, 2.24) is 4.72 Å². The standard InChI is InChI=1S/C12H24N2O3S2/c1-5-8(11(13)18)19(15,16)14-9-7-10(17-6-2)12(9,3)4/h8-10,14H,5-7H2,1-4H3,(H2,13,18). The van der Waals surface area contributed by atoms with Gasteiger partial charge in [-0.2, -0.15) is 0 Å². The van der Waals surface area contributed by atoms with Crippen LogP contribution in [0, 0.1) is 5.41 Å². The molecule has 0 saturated heterocycles. The summed E-state index contributed by atoms with van der Waals surface area (Å²) in [4.78, 5) is 0.0217. The molecule has 112 valence electrons. The van der Waals surface area contributed by atoms with Gasteiger partial charge in [0.05, 0.1) is 11.1 Å². The van der Waals surface area contributed by atoms with Gasteiger partial charge in [-0.3, -0.25) is 0 Å². The maximum absolute atomic E-state index is 12.2. The van der Waals surface area contributed by atoms with Crippen molar-refractivity contribution >= 4 is 27.2 Å². The average Bonchev–Trinajstić information content (AvgIpc) is 2.27. The van der Waals surface area contributed by atoms with Crippen LogP contribution in [-0.2, 0) is 14.8 Å². The summed E-state index contributed by atoms with van der Waals surface area (Å²) in [6.07, 6.45) is 1.16. The van der Waals surface area contributed by atoms with Gasteiger partial charge in [0.15, 0.2) is 0 Å². The SMILES string of the molecule is CCOC1CC(NS(=O)(=O)C(CC)C(N)=S)C1(C)C. The van der Waals surface area contributed by atoms with E-state index in [-0.39, 0.29) is 22.5 Å². The second-order valence-electron chi connectivity index (χ2n) is 5.52. The maximum atomic E-state index is 12.2. The number of hydrogen-bond acceptors (Lipinski definition) is 4. The lowest BCUT2D eigenvalue weighted by Crippen LogP contribution is -2.63. The summed E-state index contributed by atoms with van der Waals surface area (Å²) in [7, 11) is -3.51. The smallest absolute Gasteiger partial charge is 0.221 e. The van der Waals surface area contributed by atoms with E-state index in [1.807, 2.05) is 20.8 Å². The predicted octanol–water partition coefficient (Wildman–Crippen LogP) is 1.17. The molecule has 7 heteroatoms. The fraction of sp³-hybridized carbons (Fsp3) is 0.917. The number of hydrogen-bond donors (Lipinski definition) is 2. The third-order valence-corrected chi connectivity index (χ3v) is 6.30. The molecule has 0 aromatic heterocycles. The van der Waals surface area contributed by atoms with Crippen LogP contribution in [0.1, 0.15) is 40.5 Å². The quantitative estimate of drug-likeness (QED) is 0.690. The van der Waals surface area contributed by atoms with Crippen molar-refractivity contribution in [3.8, 4) is 0 Å². The monoisotopic (exact) mass is 308 g/mol. The van der Waals surface area contributed by atoms with Crippen molar-refractivity contribution in [2.45, 2.75) is 57.9 Å². The van der Waals surface area contributed by atoms with Gasteiger partial charge < -0.3 is 10.5 Å². The van der Waals surface area contributed by atoms with E-state index in [4.69, 9.17) is 22.7 Å². The van der Waals surface area contributed by atoms with E-state index in [1.54, 1.807) is 6.92 Å². The van der Waals surface area contributed by atoms with Gasteiger partial charge >= 0.3 is 0 Å². The highest BCUT2D eigenvalue weighted by molar-refractivity contribution is 7.93. The molecular weight excluding hydrogens is 284 g/mol. The summed E-state index contributed by atoms with van der Waals surface area (Å²) in [5.41, 5.74) is 5.29. The summed E-state index contributed by atoms with van der Waals surface area (Å²) < 4.78 is 32.8. The summed E-state index contributed by atoms with van der Waals surface area (Å²) in [5, 5.41) is -0.801. The largest absolute Gasteiger partial charge is 0.392 e. The van der Waals surface area contributed by atoms with Crippen molar-refractivity contribution in [3.63, 3.8) is 0 Å². The van der Waals surface area contributed by atoms with Crippen LogP contribution in [0.15, 0.2) is 0 Å². The molecule has 1 fully saturated rings. The van der Waals surface area contributed by atoms with Gasteiger partial charge in [0.25, 0.3) is 0 Å². The van der Waals surface area contributed by atoms with Gasteiger partial charge in [0.1, 0.15) is 5.25 Å². The predicted molar refractivity (Wildman–Crippen MR) is 80.5 cm³/mol. The Morgan fingerprint density at radius 1 is 1.53 bits per heavy atom. The Labute approximate surface area is 121 Å². The summed E-state index contributed by atoms with van der Waals surface area (Å²) >= 11 is 4.83. The third kappa shape index (κ3) is 3.45. The second kappa shape index (κ2) is 6.03. The highest BCUT2D eigenvalue weighted by Gasteiger charge is 2.51. The molecule has 1 rings (SSSR count). The Bertz CT molecular complexity index is 434. The maximum Gasteiger partial charge on any atom is 0.221 e. The van der Waals surface area contributed by atoms with Gasteiger partial charge in [-0.25, -0.2) is 13.1 Å². The lowest BCUT2D eigenvalue weighted by molar-refractivity contribution is -0.108. The molecule has 3 N–H and O–H groups in total. The van der Waals surface area contributed by atoms with Gasteiger partial charge in [-0.15, -0.1) is 0 Å². The molecule has 19 heavy (non-hydrogen) atoms. The molecule has 0 spiro atoms. The molecule has 1 aliphatic carbocycles. The van der Waals surface area contributed by atoms with Crippen LogP contribution < -0.4 is 10.5 Å². The molecule has 3 unspecified atom stereocenters. The number of rotatable bonds is 7. The fourth-order valence-corrected chi connectivity index (χ4v) is 4.68. The Hall–Kier alpha value is -0.240. The zero-order valence-electron chi connectivity index (χ0n) is 12.0. The van der Waals surface area contributed by atoms with E-state index in [0.717, 1.165) is 0 Å². The number of sulfonamides is 1. The normalized spacial score (nSPS) is 27.6. The van der Waals surface area contributed by atoms with E-state index >= 15 is 0 Å². The number of ether oxygens (including phenoxy) is 1. The molecule has 0 radical (unpaired) electrons. The minimum Gasteiger partial charge on any atom is -0.392 e. The molecule has 0 aliphatic heterocycles. The van der Waals surface area contributed by atoms with Crippen LogP contribution >= 0.6 is 12.2 Å². The van der Waals surface area contributed by atoms with Gasteiger partial charge in [0.2, 0.25) is 10.0 Å². The second-order valence-corrected chi connectivity index (χ2v) is 7.88. The van der Waals surface area contributed by atoms with Crippen LogP contribution in [0.3, 0.4) is 0 Å². The lowest BCUT2D eigenvalue weighted by atomic mass is 9.65. The van der Waals surface area contributed by atoms with Crippen LogP contribution in [0.25, 0.3) is 0 Å². The third-order valence-electron chi connectivity index (χ3n) is 3.91. The first-order valence-electron chi connectivity index (χ1n) is 6.58. The zero-order valence-corrected chi connectivity index (χ0v) is 13.6. The molecule has 5 nitrogen and oxygen atoms in total. The van der Waals surface area contributed by atoms with Crippen molar-refractivity contribution in [2.75, 3.05) is 6.61 Å². The molecule has 1 saturated carbocycles. The molecular formula is C12H24N2O3S2. The molecule has 0 bridgehead atoms. The van der Waals surface area contributed by atoms with Crippen LogP contribution in [0.2, 0.25) is 0 Å². The van der Waals surface area contributed by atoms with E-state index in [9.17, 15) is 8.42 Å². The van der Waals surface area contributed by atoms with E-state index in [0.29, 0.717) is 19.4 Å². The van der Waals surface area contributed by atoms with Crippen LogP contribution in [-0.4, -0.2) is 37.4 Å². The highest BCUT2D eigenvalue weighted by Crippen LogP contribution is 2.43. The zero-order chi connectivity index (χ0) is 14.8. The van der Waals surface area contributed by atoms with Gasteiger partial charge in [-0.05, 0) is 19.8 Å². The number of thiocarbonyl (C=S) groups is 1. The molecule has 1 aliphatic rings. The minimum atomic E-state index is -3.51. The van der Waals surface area contributed by atoms with Crippen molar-refractivity contribution in [1.29, 1.82) is 0 Å². The minimum absolute atomic E-state index is 0.0217. The molecule has 0 aromatic carbocycles. The first-order valence-corrected chi connectivity index (χ1v) is 8.54. The topological polar surface area (TPSA) is 81.4 Å². The van der Waals surface area contributed by atoms with Crippen LogP contribution in [0.4, 0.5) is 0 Å². The van der Waals surface area contributed by atoms with Crippen LogP contribution in [0.5, 0.6) is 0 Å². The fourth-order valence-electron chi connectivity index (χ4n) is 2.42. The molecule has 0 heterocycles. The summed E-state index contributed by atoms with van der Waals surface area (Å²) in [5.74, 6) is 0. The number of nitrogens with two attached hydrogens (primary N) is 1. The summed E-state index contributed by atoms with van der Waals surface area (Å²) in [6, 6.07) is -0.127. The Morgan fingerprint density at radius 2 is 2.11 bits per heavy atom. The Balaban J connectivity index is 2.74. The summed E-state index contributed by atoms with van der Waals surface area (Å²) in [6.45, 7) is 8.35. The first-order chi connectivity index (χ1) is 8.66. The highest BCUT2D eigenvalue weighted by atomic mass is 32.2. The van der Waals surface area contributed by atoms with E-state index in [1.165, 1.54) is 0 Å². The van der Waals surface area contributed by atoms with Crippen molar-refractivity contribution in [3.05, 3.63) is 0 Å². The Kier molecular flexibility index (Phi) is 5.34. The van der Waals surface area contributed by atoms with E-state index < -0.39 is 15.3 Å². The first kappa shape index (κ1) is 16.8. The van der Waals surface area contributed by atoms with Gasteiger partial charge in [-0.1, -0.05) is 33.0 Å². The molecule has 0 aromatic rings. The molecule has 3 atom stereocenters. The average molecular weight is 308 g/mol. The van der Waals surface area contributed by atoms with Crippen molar-refractivity contribution < 1.29 is 13.2 Å². The number of nitrogens with one attached hydrogen (secondary N) is 1. The Morgan fingerprint density at radius 3 is 2.47 bits per heavy atom. The molecule has 0 amide bonds. The van der Waals surface area contributed by atoms with Gasteiger partial charge in [0, 0.05) is 18.1 Å². The van der Waals surface area contributed by atoms with E-state index in [2.05, 4.69) is 4.72 Å².